The Labute approximate surface area is 127 Å². The highest BCUT2D eigenvalue weighted by molar-refractivity contribution is 7.10. The van der Waals surface area contributed by atoms with Crippen LogP contribution < -0.4 is 5.32 Å². The highest BCUT2D eigenvalue weighted by Gasteiger charge is 2.42. The lowest BCUT2D eigenvalue weighted by atomic mass is 9.86. The lowest BCUT2D eigenvalue weighted by molar-refractivity contribution is -0.136. The van der Waals surface area contributed by atoms with Crippen LogP contribution in [0.4, 0.5) is 0 Å². The molecule has 0 radical (unpaired) electrons. The lowest BCUT2D eigenvalue weighted by Crippen LogP contribution is -2.52. The zero-order valence-electron chi connectivity index (χ0n) is 12.4. The van der Waals surface area contributed by atoms with E-state index in [0.29, 0.717) is 19.4 Å². The third-order valence-electron chi connectivity index (χ3n) is 4.05. The van der Waals surface area contributed by atoms with E-state index in [0.717, 1.165) is 16.0 Å². The molecule has 112 valence electrons. The second-order valence-corrected chi connectivity index (χ2v) is 7.56. The van der Waals surface area contributed by atoms with Crippen LogP contribution in [0.25, 0.3) is 0 Å². The largest absolute Gasteiger partial charge is 0.321 e. The van der Waals surface area contributed by atoms with Crippen LogP contribution in [0.2, 0.25) is 0 Å². The van der Waals surface area contributed by atoms with Crippen molar-refractivity contribution in [3.8, 4) is 0 Å². The fourth-order valence-corrected chi connectivity index (χ4v) is 4.16. The predicted octanol–water partition coefficient (Wildman–Crippen LogP) is 1.81. The number of rotatable bonds is 1. The SMILES string of the molecule is CC(C)(C)c1csc2c1C(=O)N(C1CCC(=O)NC1=O)C2. The number of carbonyl (C=O) groups excluding carboxylic acids is 3. The number of nitrogens with zero attached hydrogens (tertiary/aromatic N) is 1. The third-order valence-corrected chi connectivity index (χ3v) is 5.02. The van der Waals surface area contributed by atoms with Gasteiger partial charge >= 0.3 is 0 Å². The van der Waals surface area contributed by atoms with E-state index in [1.807, 2.05) is 5.38 Å². The van der Waals surface area contributed by atoms with Gasteiger partial charge in [-0.2, -0.15) is 0 Å². The second kappa shape index (κ2) is 4.66. The second-order valence-electron chi connectivity index (χ2n) is 6.60. The monoisotopic (exact) mass is 306 g/mol. The highest BCUT2D eigenvalue weighted by Crippen LogP contribution is 2.39. The molecule has 0 bridgehead atoms. The van der Waals surface area contributed by atoms with Crippen LogP contribution in [0, 0.1) is 0 Å². The zero-order valence-corrected chi connectivity index (χ0v) is 13.2. The van der Waals surface area contributed by atoms with E-state index < -0.39 is 6.04 Å². The summed E-state index contributed by atoms with van der Waals surface area (Å²) in [6, 6.07) is -0.525. The molecule has 1 aromatic rings. The van der Waals surface area contributed by atoms with E-state index in [9.17, 15) is 14.4 Å². The molecule has 2 aliphatic heterocycles. The number of piperidine rings is 1. The molecule has 1 N–H and O–H groups in total. The van der Waals surface area contributed by atoms with Crippen LogP contribution in [0.15, 0.2) is 5.38 Å². The molecule has 6 heteroatoms. The summed E-state index contributed by atoms with van der Waals surface area (Å²) in [6.07, 6.45) is 0.705. The molecule has 21 heavy (non-hydrogen) atoms. The summed E-state index contributed by atoms with van der Waals surface area (Å²) in [5, 5.41) is 4.37. The Bertz CT molecular complexity index is 642. The summed E-state index contributed by atoms with van der Waals surface area (Å²) in [5.41, 5.74) is 1.71. The van der Waals surface area contributed by atoms with Crippen molar-refractivity contribution in [2.45, 2.75) is 51.6 Å². The number of amides is 3. The van der Waals surface area contributed by atoms with E-state index in [1.165, 1.54) is 0 Å². The highest BCUT2D eigenvalue weighted by atomic mass is 32.1. The van der Waals surface area contributed by atoms with Crippen LogP contribution in [-0.4, -0.2) is 28.7 Å². The van der Waals surface area contributed by atoms with Crippen molar-refractivity contribution in [1.29, 1.82) is 0 Å². The number of carbonyl (C=O) groups is 3. The van der Waals surface area contributed by atoms with Gasteiger partial charge in [-0.1, -0.05) is 20.8 Å². The Balaban J connectivity index is 1.90. The average Bonchev–Trinajstić information content (AvgIpc) is 2.90. The zero-order chi connectivity index (χ0) is 15.4. The minimum atomic E-state index is -0.525. The maximum absolute atomic E-state index is 12.7. The van der Waals surface area contributed by atoms with Crippen molar-refractivity contribution in [3.05, 3.63) is 21.4 Å². The van der Waals surface area contributed by atoms with Crippen LogP contribution >= 0.6 is 11.3 Å². The van der Waals surface area contributed by atoms with Gasteiger partial charge in [-0.3, -0.25) is 19.7 Å². The standard InChI is InChI=1S/C15H18N2O3S/c1-15(2,3)8-7-21-10-6-17(14(20)12(8)10)9-4-5-11(18)16-13(9)19/h7,9H,4-6H2,1-3H3,(H,16,18,19). The Hall–Kier alpha value is -1.69. The van der Waals surface area contributed by atoms with E-state index in [1.54, 1.807) is 16.2 Å². The minimum absolute atomic E-state index is 0.0781. The number of nitrogens with one attached hydrogen (secondary N) is 1. The van der Waals surface area contributed by atoms with Gasteiger partial charge in [-0.25, -0.2) is 0 Å². The van der Waals surface area contributed by atoms with Gasteiger partial charge in [0.2, 0.25) is 11.8 Å². The summed E-state index contributed by atoms with van der Waals surface area (Å²) in [5.74, 6) is -0.689. The molecule has 2 aliphatic rings. The van der Waals surface area contributed by atoms with Crippen molar-refractivity contribution in [2.75, 3.05) is 0 Å². The topological polar surface area (TPSA) is 66.5 Å². The van der Waals surface area contributed by atoms with Gasteiger partial charge in [0.1, 0.15) is 6.04 Å². The fourth-order valence-electron chi connectivity index (χ4n) is 2.90. The number of imide groups is 1. The lowest BCUT2D eigenvalue weighted by Gasteiger charge is -2.29. The molecule has 1 aromatic heterocycles. The number of hydrogen-bond donors (Lipinski definition) is 1. The molecular formula is C15H18N2O3S. The molecule has 5 nitrogen and oxygen atoms in total. The van der Waals surface area contributed by atoms with Crippen molar-refractivity contribution in [2.24, 2.45) is 0 Å². The number of fused-ring (bicyclic) bond motifs is 1. The molecule has 0 aliphatic carbocycles. The fraction of sp³-hybridized carbons (Fsp3) is 0.533. The minimum Gasteiger partial charge on any atom is -0.321 e. The van der Waals surface area contributed by atoms with Gasteiger partial charge in [0.25, 0.3) is 5.91 Å². The molecule has 0 saturated carbocycles. The van der Waals surface area contributed by atoms with Crippen LogP contribution in [-0.2, 0) is 21.5 Å². The Kier molecular flexibility index (Phi) is 3.16. The van der Waals surface area contributed by atoms with Gasteiger partial charge in [0, 0.05) is 11.3 Å². The Morgan fingerprint density at radius 3 is 2.62 bits per heavy atom. The molecule has 1 saturated heterocycles. The van der Waals surface area contributed by atoms with Gasteiger partial charge < -0.3 is 4.90 Å². The van der Waals surface area contributed by atoms with Crippen LogP contribution in [0.5, 0.6) is 0 Å². The van der Waals surface area contributed by atoms with Crippen LogP contribution in [0.1, 0.15) is 54.4 Å². The summed E-state index contributed by atoms with van der Waals surface area (Å²) >= 11 is 1.58. The first kappa shape index (κ1) is 14.3. The predicted molar refractivity (Wildman–Crippen MR) is 79.1 cm³/mol. The summed E-state index contributed by atoms with van der Waals surface area (Å²) in [7, 11) is 0. The average molecular weight is 306 g/mol. The molecule has 1 atom stereocenters. The molecular weight excluding hydrogens is 288 g/mol. The van der Waals surface area contributed by atoms with Gasteiger partial charge in [0.15, 0.2) is 0 Å². The smallest absolute Gasteiger partial charge is 0.256 e. The quantitative estimate of drug-likeness (QED) is 0.805. The maximum Gasteiger partial charge on any atom is 0.256 e. The van der Waals surface area contributed by atoms with E-state index in [-0.39, 0.29) is 23.1 Å². The molecule has 3 amide bonds. The van der Waals surface area contributed by atoms with Crippen LogP contribution in [0.3, 0.4) is 0 Å². The molecule has 3 rings (SSSR count). The number of thiophene rings is 1. The Morgan fingerprint density at radius 2 is 2.00 bits per heavy atom. The summed E-state index contributed by atoms with van der Waals surface area (Å²) < 4.78 is 0. The van der Waals surface area contributed by atoms with E-state index in [4.69, 9.17) is 0 Å². The van der Waals surface area contributed by atoms with Gasteiger partial charge in [-0.15, -0.1) is 11.3 Å². The van der Waals surface area contributed by atoms with Gasteiger partial charge in [-0.05, 0) is 22.8 Å². The van der Waals surface area contributed by atoms with Crippen molar-refractivity contribution in [3.63, 3.8) is 0 Å². The summed E-state index contributed by atoms with van der Waals surface area (Å²) in [6.45, 7) is 6.72. The van der Waals surface area contributed by atoms with Crippen molar-refractivity contribution in [1.82, 2.24) is 10.2 Å². The summed E-state index contributed by atoms with van der Waals surface area (Å²) in [4.78, 5) is 38.6. The molecule has 1 unspecified atom stereocenters. The first-order chi connectivity index (χ1) is 9.79. The molecule has 3 heterocycles. The number of hydrogen-bond acceptors (Lipinski definition) is 4. The maximum atomic E-state index is 12.7. The molecule has 0 spiro atoms. The molecule has 0 aromatic carbocycles. The normalized spacial score (nSPS) is 22.5. The third kappa shape index (κ3) is 2.27. The first-order valence-corrected chi connectivity index (χ1v) is 7.92. The van der Waals surface area contributed by atoms with Crippen molar-refractivity contribution >= 4 is 29.1 Å². The first-order valence-electron chi connectivity index (χ1n) is 7.04. The van der Waals surface area contributed by atoms with E-state index in [2.05, 4.69) is 26.1 Å². The van der Waals surface area contributed by atoms with Crippen molar-refractivity contribution < 1.29 is 14.4 Å². The van der Waals surface area contributed by atoms with E-state index >= 15 is 0 Å². The Morgan fingerprint density at radius 1 is 1.29 bits per heavy atom. The van der Waals surface area contributed by atoms with Gasteiger partial charge in [0.05, 0.1) is 12.1 Å². The molecule has 1 fully saturated rings.